The second kappa shape index (κ2) is 10.2. The maximum absolute atomic E-state index is 11.7. The van der Waals surface area contributed by atoms with Gasteiger partial charge in [-0.15, -0.1) is 0 Å². The van der Waals surface area contributed by atoms with Gasteiger partial charge in [0.05, 0.1) is 6.10 Å². The molecule has 154 valence electrons. The molecule has 1 saturated heterocycles. The predicted molar refractivity (Wildman–Crippen MR) is 90.2 cm³/mol. The van der Waals surface area contributed by atoms with Crippen LogP contribution < -0.4 is 5.32 Å². The van der Waals surface area contributed by atoms with Crippen LogP contribution in [0.3, 0.4) is 0 Å². The third-order valence-electron chi connectivity index (χ3n) is 3.48. The third-order valence-corrected chi connectivity index (χ3v) is 3.48. The van der Waals surface area contributed by atoms with Gasteiger partial charge in [-0.2, -0.15) is 0 Å². The van der Waals surface area contributed by atoms with Crippen molar-refractivity contribution in [1.82, 2.24) is 5.32 Å². The Morgan fingerprint density at radius 3 is 1.93 bits per heavy atom. The normalized spacial score (nSPS) is 27.6. The first-order valence-corrected chi connectivity index (χ1v) is 8.57. The number of nitrogens with one attached hydrogen (secondary N) is 1. The maximum atomic E-state index is 11.7. The molecule has 10 heteroatoms. The fraction of sp³-hybridized carbons (Fsp3) is 0.765. The number of rotatable bonds is 7. The highest BCUT2D eigenvalue weighted by molar-refractivity contribution is 5.73. The summed E-state index contributed by atoms with van der Waals surface area (Å²) in [5.74, 6) is -2.28. The molecule has 0 aromatic rings. The molecule has 0 aromatic heterocycles. The van der Waals surface area contributed by atoms with E-state index < -0.39 is 54.5 Å². The second-order valence-electron chi connectivity index (χ2n) is 6.40. The van der Waals surface area contributed by atoms with Crippen molar-refractivity contribution in [3.05, 3.63) is 0 Å². The zero-order chi connectivity index (χ0) is 20.7. The van der Waals surface area contributed by atoms with E-state index in [0.717, 1.165) is 0 Å². The van der Waals surface area contributed by atoms with E-state index in [0.29, 0.717) is 0 Å². The van der Waals surface area contributed by atoms with Crippen molar-refractivity contribution in [3.63, 3.8) is 0 Å². The van der Waals surface area contributed by atoms with Crippen molar-refractivity contribution in [2.75, 3.05) is 6.61 Å². The lowest BCUT2D eigenvalue weighted by Gasteiger charge is -2.45. The first-order valence-electron chi connectivity index (χ1n) is 8.57. The van der Waals surface area contributed by atoms with Crippen LogP contribution in [0.4, 0.5) is 0 Å². The average Bonchev–Trinajstić information content (AvgIpc) is 2.49. The molecule has 0 bridgehead atoms. The lowest BCUT2D eigenvalue weighted by molar-refractivity contribution is -0.285. The van der Waals surface area contributed by atoms with Gasteiger partial charge in [0.15, 0.2) is 18.5 Å². The molecule has 27 heavy (non-hydrogen) atoms. The highest BCUT2D eigenvalue weighted by Gasteiger charge is 2.51. The molecule has 1 rings (SSSR count). The second-order valence-corrected chi connectivity index (χ2v) is 6.40. The van der Waals surface area contributed by atoms with Crippen LogP contribution in [0.15, 0.2) is 0 Å². The van der Waals surface area contributed by atoms with E-state index in [4.69, 9.17) is 23.7 Å². The first kappa shape index (κ1) is 22.8. The van der Waals surface area contributed by atoms with E-state index in [9.17, 15) is 19.2 Å². The standard InChI is InChI=1S/C17H27NO9/c1-8(2)24-17-14(18-9(3)19)16(26-12(6)22)15(25-11(5)21)13(27-17)7-23-10(4)20/h8,13-17H,7H2,1-6H3,(H,18,19). The van der Waals surface area contributed by atoms with Gasteiger partial charge < -0.3 is 29.0 Å². The molecule has 5 atom stereocenters. The number of hydrogen-bond acceptors (Lipinski definition) is 9. The molecule has 10 nitrogen and oxygen atoms in total. The predicted octanol–water partition coefficient (Wildman–Crippen LogP) is 0.0675. The van der Waals surface area contributed by atoms with Gasteiger partial charge in [-0.3, -0.25) is 19.2 Å². The van der Waals surface area contributed by atoms with Gasteiger partial charge in [-0.05, 0) is 13.8 Å². The molecule has 1 aliphatic rings. The summed E-state index contributed by atoms with van der Waals surface area (Å²) in [6, 6.07) is -0.938. The van der Waals surface area contributed by atoms with E-state index in [-0.39, 0.29) is 12.7 Å². The molecular formula is C17H27NO9. The molecule has 0 aliphatic carbocycles. The number of carbonyl (C=O) groups is 4. The molecule has 0 aromatic carbocycles. The van der Waals surface area contributed by atoms with E-state index in [2.05, 4.69) is 5.32 Å². The highest BCUT2D eigenvalue weighted by atomic mass is 16.7. The Balaban J connectivity index is 3.27. The smallest absolute Gasteiger partial charge is 0.303 e. The zero-order valence-electron chi connectivity index (χ0n) is 16.3. The Morgan fingerprint density at radius 2 is 1.48 bits per heavy atom. The van der Waals surface area contributed by atoms with E-state index in [1.807, 2.05) is 0 Å². The number of hydrogen-bond donors (Lipinski definition) is 1. The summed E-state index contributed by atoms with van der Waals surface area (Å²) in [4.78, 5) is 46.0. The fourth-order valence-corrected chi connectivity index (χ4v) is 2.68. The van der Waals surface area contributed by atoms with Crippen molar-refractivity contribution >= 4 is 23.8 Å². The Morgan fingerprint density at radius 1 is 0.926 bits per heavy atom. The van der Waals surface area contributed by atoms with Crippen LogP contribution in [0.1, 0.15) is 41.5 Å². The van der Waals surface area contributed by atoms with Crippen LogP contribution in [0.5, 0.6) is 0 Å². The molecule has 5 unspecified atom stereocenters. The Hall–Kier alpha value is -2.20. The fourth-order valence-electron chi connectivity index (χ4n) is 2.68. The number of carbonyl (C=O) groups excluding carboxylic acids is 4. The molecule has 1 amide bonds. The van der Waals surface area contributed by atoms with Gasteiger partial charge in [-0.25, -0.2) is 0 Å². The van der Waals surface area contributed by atoms with E-state index in [1.54, 1.807) is 13.8 Å². The minimum Gasteiger partial charge on any atom is -0.463 e. The number of ether oxygens (including phenoxy) is 5. The van der Waals surface area contributed by atoms with E-state index in [1.165, 1.54) is 27.7 Å². The zero-order valence-corrected chi connectivity index (χ0v) is 16.3. The Labute approximate surface area is 157 Å². The van der Waals surface area contributed by atoms with Crippen molar-refractivity contribution in [3.8, 4) is 0 Å². The largest absolute Gasteiger partial charge is 0.463 e. The molecule has 0 saturated carbocycles. The molecule has 1 N–H and O–H groups in total. The minimum atomic E-state index is -1.12. The highest BCUT2D eigenvalue weighted by Crippen LogP contribution is 2.28. The lowest BCUT2D eigenvalue weighted by Crippen LogP contribution is -2.66. The summed E-state index contributed by atoms with van der Waals surface area (Å²) >= 11 is 0. The van der Waals surface area contributed by atoms with Gasteiger partial charge in [0.25, 0.3) is 0 Å². The summed E-state index contributed by atoms with van der Waals surface area (Å²) < 4.78 is 27.1. The summed E-state index contributed by atoms with van der Waals surface area (Å²) in [7, 11) is 0. The summed E-state index contributed by atoms with van der Waals surface area (Å²) in [5, 5.41) is 2.62. The van der Waals surface area contributed by atoms with Crippen LogP contribution in [0.2, 0.25) is 0 Å². The molecular weight excluding hydrogens is 362 g/mol. The molecule has 1 aliphatic heterocycles. The lowest BCUT2D eigenvalue weighted by atomic mass is 9.96. The Kier molecular flexibility index (Phi) is 8.64. The minimum absolute atomic E-state index is 0.254. The SMILES string of the molecule is CC(=O)NC1C(OC(C)C)OC(COC(C)=O)C(OC(C)=O)C1OC(C)=O. The maximum Gasteiger partial charge on any atom is 0.303 e. The summed E-state index contributed by atoms with van der Waals surface area (Å²) in [6.07, 6.45) is -4.49. The van der Waals surface area contributed by atoms with Gasteiger partial charge in [0.1, 0.15) is 18.8 Å². The van der Waals surface area contributed by atoms with Gasteiger partial charge >= 0.3 is 17.9 Å². The van der Waals surface area contributed by atoms with Crippen LogP contribution in [-0.4, -0.2) is 67.2 Å². The van der Waals surface area contributed by atoms with Crippen molar-refractivity contribution in [2.24, 2.45) is 0 Å². The van der Waals surface area contributed by atoms with Crippen LogP contribution in [0.25, 0.3) is 0 Å². The number of esters is 3. The summed E-state index contributed by atoms with van der Waals surface area (Å²) in [6.45, 7) is 8.12. The van der Waals surface area contributed by atoms with Crippen LogP contribution >= 0.6 is 0 Å². The van der Waals surface area contributed by atoms with Gasteiger partial charge in [0.2, 0.25) is 5.91 Å². The van der Waals surface area contributed by atoms with Gasteiger partial charge in [0, 0.05) is 27.7 Å². The molecule has 1 fully saturated rings. The molecule has 0 spiro atoms. The monoisotopic (exact) mass is 389 g/mol. The summed E-state index contributed by atoms with van der Waals surface area (Å²) in [5.41, 5.74) is 0. The number of amides is 1. The van der Waals surface area contributed by atoms with Crippen molar-refractivity contribution in [1.29, 1.82) is 0 Å². The van der Waals surface area contributed by atoms with E-state index >= 15 is 0 Å². The quantitative estimate of drug-likeness (QED) is 0.475. The first-order chi connectivity index (χ1) is 12.5. The molecule has 1 heterocycles. The van der Waals surface area contributed by atoms with Crippen LogP contribution in [0, 0.1) is 0 Å². The van der Waals surface area contributed by atoms with Gasteiger partial charge in [-0.1, -0.05) is 0 Å². The van der Waals surface area contributed by atoms with Crippen molar-refractivity contribution in [2.45, 2.75) is 78.3 Å². The third kappa shape index (κ3) is 7.51. The van der Waals surface area contributed by atoms with Crippen molar-refractivity contribution < 1.29 is 42.9 Å². The average molecular weight is 389 g/mol. The molecule has 0 radical (unpaired) electrons. The topological polar surface area (TPSA) is 126 Å². The van der Waals surface area contributed by atoms with Crippen LogP contribution in [-0.2, 0) is 42.9 Å². The Bertz CT molecular complexity index is 563.